The van der Waals surface area contributed by atoms with Crippen LogP contribution in [0.5, 0.6) is 0 Å². The zero-order chi connectivity index (χ0) is 13.2. The predicted octanol–water partition coefficient (Wildman–Crippen LogP) is 0.850. The van der Waals surface area contributed by atoms with Gasteiger partial charge >= 0.3 is 0 Å². The fraction of sp³-hybridized carbons (Fsp3) is 0.929. The van der Waals surface area contributed by atoms with E-state index >= 15 is 0 Å². The maximum Gasteiger partial charge on any atom is 0.194 e. The number of nitrogens with one attached hydrogen (secondary N) is 1. The lowest BCUT2D eigenvalue weighted by atomic mass is 10.1. The molecule has 0 bridgehead atoms. The standard InChI is InChI=1S/C14H25N3O2/c1-10-8-11(10)16-14(15-2)17-5-7-19-13(9-17)12-4-3-6-18-12/h10-13H,3-9H2,1-2H3,(H,15,16). The number of hydrogen-bond acceptors (Lipinski definition) is 3. The van der Waals surface area contributed by atoms with Crippen molar-refractivity contribution in [1.82, 2.24) is 10.2 Å². The second-order valence-corrected chi connectivity index (χ2v) is 5.92. The van der Waals surface area contributed by atoms with E-state index < -0.39 is 0 Å². The molecular formula is C14H25N3O2. The Bertz CT molecular complexity index is 342. The SMILES string of the molecule is CN=C(NC1CC1C)N1CCOC(C2CCCO2)C1. The second-order valence-electron chi connectivity index (χ2n) is 5.92. The molecule has 5 nitrogen and oxygen atoms in total. The van der Waals surface area contributed by atoms with Crippen molar-refractivity contribution < 1.29 is 9.47 Å². The average Bonchev–Trinajstić information content (AvgIpc) is 2.94. The van der Waals surface area contributed by atoms with E-state index in [0.717, 1.165) is 51.0 Å². The smallest absolute Gasteiger partial charge is 0.194 e. The van der Waals surface area contributed by atoms with Gasteiger partial charge in [-0.25, -0.2) is 0 Å². The summed E-state index contributed by atoms with van der Waals surface area (Å²) in [4.78, 5) is 6.74. The summed E-state index contributed by atoms with van der Waals surface area (Å²) in [6, 6.07) is 0.614. The number of nitrogens with zero attached hydrogens (tertiary/aromatic N) is 2. The first-order valence-corrected chi connectivity index (χ1v) is 7.49. The van der Waals surface area contributed by atoms with Crippen LogP contribution in [0.3, 0.4) is 0 Å². The number of hydrogen-bond donors (Lipinski definition) is 1. The van der Waals surface area contributed by atoms with Crippen LogP contribution in [-0.4, -0.2) is 62.5 Å². The number of ether oxygens (including phenoxy) is 2. The largest absolute Gasteiger partial charge is 0.375 e. The van der Waals surface area contributed by atoms with Gasteiger partial charge in [0.1, 0.15) is 6.10 Å². The molecule has 5 heteroatoms. The van der Waals surface area contributed by atoms with Crippen molar-refractivity contribution >= 4 is 5.96 Å². The molecule has 0 amide bonds. The van der Waals surface area contributed by atoms with Crippen molar-refractivity contribution in [3.63, 3.8) is 0 Å². The molecule has 0 aromatic carbocycles. The van der Waals surface area contributed by atoms with E-state index in [0.29, 0.717) is 6.04 Å². The van der Waals surface area contributed by atoms with E-state index in [4.69, 9.17) is 9.47 Å². The normalized spacial score (nSPS) is 39.5. The van der Waals surface area contributed by atoms with Crippen LogP contribution in [0, 0.1) is 5.92 Å². The van der Waals surface area contributed by atoms with Crippen LogP contribution in [0.25, 0.3) is 0 Å². The number of aliphatic imine (C=N–C) groups is 1. The molecule has 0 spiro atoms. The first kappa shape index (κ1) is 13.2. The molecule has 1 aliphatic carbocycles. The van der Waals surface area contributed by atoms with Crippen molar-refractivity contribution in [3.8, 4) is 0 Å². The van der Waals surface area contributed by atoms with E-state index in [1.54, 1.807) is 0 Å². The Hall–Kier alpha value is -0.810. The van der Waals surface area contributed by atoms with Crippen LogP contribution in [0.15, 0.2) is 4.99 Å². The van der Waals surface area contributed by atoms with Gasteiger partial charge in [-0.2, -0.15) is 0 Å². The van der Waals surface area contributed by atoms with Crippen LogP contribution < -0.4 is 5.32 Å². The van der Waals surface area contributed by atoms with E-state index in [9.17, 15) is 0 Å². The summed E-state index contributed by atoms with van der Waals surface area (Å²) in [5, 5.41) is 3.55. The quantitative estimate of drug-likeness (QED) is 0.595. The van der Waals surface area contributed by atoms with Gasteiger partial charge < -0.3 is 19.7 Å². The Morgan fingerprint density at radius 1 is 1.26 bits per heavy atom. The summed E-state index contributed by atoms with van der Waals surface area (Å²) in [6.45, 7) is 5.75. The lowest BCUT2D eigenvalue weighted by Gasteiger charge is -2.37. The molecule has 0 radical (unpaired) electrons. The van der Waals surface area contributed by atoms with Crippen LogP contribution in [-0.2, 0) is 9.47 Å². The predicted molar refractivity (Wildman–Crippen MR) is 74.4 cm³/mol. The highest BCUT2D eigenvalue weighted by molar-refractivity contribution is 5.80. The van der Waals surface area contributed by atoms with Gasteiger partial charge in [0.2, 0.25) is 0 Å². The summed E-state index contributed by atoms with van der Waals surface area (Å²) in [5.41, 5.74) is 0. The molecular weight excluding hydrogens is 242 g/mol. The zero-order valence-electron chi connectivity index (χ0n) is 12.0. The second kappa shape index (κ2) is 5.67. The molecule has 1 N–H and O–H groups in total. The molecule has 3 fully saturated rings. The van der Waals surface area contributed by atoms with Gasteiger partial charge in [0.05, 0.1) is 12.7 Å². The average molecular weight is 267 g/mol. The van der Waals surface area contributed by atoms with Crippen LogP contribution in [0.2, 0.25) is 0 Å². The minimum Gasteiger partial charge on any atom is -0.375 e. The summed E-state index contributed by atoms with van der Waals surface area (Å²) < 4.78 is 11.6. The fourth-order valence-corrected chi connectivity index (χ4v) is 2.97. The molecule has 2 heterocycles. The Labute approximate surface area is 115 Å². The highest BCUT2D eigenvalue weighted by atomic mass is 16.5. The van der Waals surface area contributed by atoms with Gasteiger partial charge in [-0.15, -0.1) is 0 Å². The van der Waals surface area contributed by atoms with Gasteiger partial charge in [-0.3, -0.25) is 4.99 Å². The van der Waals surface area contributed by atoms with E-state index in [-0.39, 0.29) is 12.2 Å². The zero-order valence-corrected chi connectivity index (χ0v) is 12.0. The van der Waals surface area contributed by atoms with Crippen LogP contribution in [0.4, 0.5) is 0 Å². The molecule has 4 unspecified atom stereocenters. The summed E-state index contributed by atoms with van der Waals surface area (Å²) in [5.74, 6) is 1.81. The Morgan fingerprint density at radius 3 is 2.68 bits per heavy atom. The van der Waals surface area contributed by atoms with Gasteiger partial charge in [-0.1, -0.05) is 6.92 Å². The maximum atomic E-state index is 5.88. The Morgan fingerprint density at radius 2 is 2.05 bits per heavy atom. The third-order valence-corrected chi connectivity index (χ3v) is 4.41. The lowest BCUT2D eigenvalue weighted by Crippen LogP contribution is -2.53. The monoisotopic (exact) mass is 267 g/mol. The summed E-state index contributed by atoms with van der Waals surface area (Å²) in [6.07, 6.45) is 4.03. The third kappa shape index (κ3) is 3.03. The van der Waals surface area contributed by atoms with Crippen molar-refractivity contribution in [3.05, 3.63) is 0 Å². The topological polar surface area (TPSA) is 46.1 Å². The third-order valence-electron chi connectivity index (χ3n) is 4.41. The van der Waals surface area contributed by atoms with Gasteiger partial charge in [0.15, 0.2) is 5.96 Å². The highest BCUT2D eigenvalue weighted by Crippen LogP contribution is 2.29. The minimum absolute atomic E-state index is 0.200. The molecule has 0 aromatic rings. The molecule has 2 saturated heterocycles. The Kier molecular flexibility index (Phi) is 3.93. The summed E-state index contributed by atoms with van der Waals surface area (Å²) >= 11 is 0. The maximum absolute atomic E-state index is 5.88. The molecule has 3 aliphatic rings. The first-order valence-electron chi connectivity index (χ1n) is 7.49. The van der Waals surface area contributed by atoms with Crippen molar-refractivity contribution in [2.45, 2.75) is 44.4 Å². The van der Waals surface area contributed by atoms with E-state index in [2.05, 4.69) is 22.1 Å². The van der Waals surface area contributed by atoms with E-state index in [1.165, 1.54) is 6.42 Å². The van der Waals surface area contributed by atoms with Crippen molar-refractivity contribution in [2.24, 2.45) is 10.9 Å². The van der Waals surface area contributed by atoms with Gasteiger partial charge in [-0.05, 0) is 25.2 Å². The first-order chi connectivity index (χ1) is 9.28. The highest BCUT2D eigenvalue weighted by Gasteiger charge is 2.36. The van der Waals surface area contributed by atoms with Gasteiger partial charge in [0.25, 0.3) is 0 Å². The number of morpholine rings is 1. The van der Waals surface area contributed by atoms with Gasteiger partial charge in [0, 0.05) is 32.8 Å². The Balaban J connectivity index is 1.56. The molecule has 0 aromatic heterocycles. The fourth-order valence-electron chi connectivity index (χ4n) is 2.97. The molecule has 4 atom stereocenters. The van der Waals surface area contributed by atoms with Crippen LogP contribution >= 0.6 is 0 Å². The van der Waals surface area contributed by atoms with E-state index in [1.807, 2.05) is 7.05 Å². The molecule has 2 aliphatic heterocycles. The lowest BCUT2D eigenvalue weighted by molar-refractivity contribution is -0.0817. The molecule has 108 valence electrons. The molecule has 1 saturated carbocycles. The van der Waals surface area contributed by atoms with Crippen molar-refractivity contribution in [2.75, 3.05) is 33.4 Å². The molecule has 3 rings (SSSR count). The minimum atomic E-state index is 0.200. The number of rotatable bonds is 2. The molecule has 19 heavy (non-hydrogen) atoms. The number of guanidine groups is 1. The summed E-state index contributed by atoms with van der Waals surface area (Å²) in [7, 11) is 1.87. The van der Waals surface area contributed by atoms with Crippen molar-refractivity contribution in [1.29, 1.82) is 0 Å². The van der Waals surface area contributed by atoms with Crippen LogP contribution in [0.1, 0.15) is 26.2 Å².